The summed E-state index contributed by atoms with van der Waals surface area (Å²) in [6, 6.07) is 15.8. The van der Waals surface area contributed by atoms with Crippen molar-refractivity contribution in [3.05, 3.63) is 64.1 Å². The monoisotopic (exact) mass is 361 g/mol. The number of ether oxygens (including phenoxy) is 1. The second kappa shape index (κ2) is 7.99. The summed E-state index contributed by atoms with van der Waals surface area (Å²) in [6.07, 6.45) is 1.25. The third-order valence-corrected chi connectivity index (χ3v) is 4.16. The number of hydrogen-bond donors (Lipinski definition) is 1. The molecule has 0 aliphatic rings. The molecule has 0 aliphatic carbocycles. The molecule has 2 aromatic carbocycles. The highest BCUT2D eigenvalue weighted by molar-refractivity contribution is 9.10. The van der Waals surface area contributed by atoms with Crippen LogP contribution in [0.5, 0.6) is 5.75 Å². The Balaban J connectivity index is 1.89. The Morgan fingerprint density at radius 1 is 1.23 bits per heavy atom. The fourth-order valence-electron chi connectivity index (χ4n) is 2.25. The van der Waals surface area contributed by atoms with E-state index in [1.807, 2.05) is 55.5 Å². The molecule has 0 radical (unpaired) electrons. The number of halogens is 1. The average molecular weight is 362 g/mol. The van der Waals surface area contributed by atoms with Crippen LogP contribution in [0.1, 0.15) is 30.5 Å². The summed E-state index contributed by atoms with van der Waals surface area (Å²) in [5.74, 6) is 0.842. The smallest absolute Gasteiger partial charge is 0.220 e. The molecule has 0 aliphatic heterocycles. The zero-order chi connectivity index (χ0) is 15.9. The molecule has 3 nitrogen and oxygen atoms in total. The standard InChI is InChI=1S/C18H20BrNO2/c1-13(15-9-10-17(22-2)16(19)12-15)20-18(21)11-8-14-6-4-3-5-7-14/h3-7,9-10,12-13H,8,11H2,1-2H3,(H,20,21)/t13-/m1/s1. The van der Waals surface area contributed by atoms with Gasteiger partial charge in [0, 0.05) is 6.42 Å². The van der Waals surface area contributed by atoms with Gasteiger partial charge in [-0.2, -0.15) is 0 Å². The minimum atomic E-state index is -0.0366. The van der Waals surface area contributed by atoms with Crippen molar-refractivity contribution in [3.8, 4) is 5.75 Å². The molecule has 0 spiro atoms. The summed E-state index contributed by atoms with van der Waals surface area (Å²) in [5.41, 5.74) is 2.22. The molecule has 0 heterocycles. The molecule has 1 N–H and O–H groups in total. The third kappa shape index (κ3) is 4.60. The number of amides is 1. The molecular formula is C18H20BrNO2. The van der Waals surface area contributed by atoms with Gasteiger partial charge in [-0.25, -0.2) is 0 Å². The first kappa shape index (κ1) is 16.6. The zero-order valence-electron chi connectivity index (χ0n) is 12.8. The van der Waals surface area contributed by atoms with E-state index in [1.165, 1.54) is 5.56 Å². The van der Waals surface area contributed by atoms with Gasteiger partial charge in [0.1, 0.15) is 5.75 Å². The van der Waals surface area contributed by atoms with Crippen LogP contribution in [0.2, 0.25) is 0 Å². The van der Waals surface area contributed by atoms with Crippen molar-refractivity contribution >= 4 is 21.8 Å². The van der Waals surface area contributed by atoms with Gasteiger partial charge >= 0.3 is 0 Å². The van der Waals surface area contributed by atoms with Gasteiger partial charge < -0.3 is 10.1 Å². The average Bonchev–Trinajstić information content (AvgIpc) is 2.53. The van der Waals surface area contributed by atoms with Crippen molar-refractivity contribution in [1.29, 1.82) is 0 Å². The Hall–Kier alpha value is -1.81. The first-order valence-corrected chi connectivity index (χ1v) is 8.06. The molecular weight excluding hydrogens is 342 g/mol. The first-order chi connectivity index (χ1) is 10.6. The highest BCUT2D eigenvalue weighted by Crippen LogP contribution is 2.27. The van der Waals surface area contributed by atoms with Crippen molar-refractivity contribution in [2.45, 2.75) is 25.8 Å². The van der Waals surface area contributed by atoms with Crippen LogP contribution in [-0.4, -0.2) is 13.0 Å². The van der Waals surface area contributed by atoms with Gasteiger partial charge in [-0.3, -0.25) is 4.79 Å². The first-order valence-electron chi connectivity index (χ1n) is 7.27. The van der Waals surface area contributed by atoms with Crippen molar-refractivity contribution in [2.24, 2.45) is 0 Å². The number of rotatable bonds is 6. The van der Waals surface area contributed by atoms with Gasteiger partial charge in [0.15, 0.2) is 0 Å². The number of nitrogens with one attached hydrogen (secondary N) is 1. The van der Waals surface area contributed by atoms with Crippen LogP contribution in [0.4, 0.5) is 0 Å². The molecule has 22 heavy (non-hydrogen) atoms. The van der Waals surface area contributed by atoms with Gasteiger partial charge in [0.2, 0.25) is 5.91 Å². The van der Waals surface area contributed by atoms with Crippen LogP contribution in [0, 0.1) is 0 Å². The summed E-state index contributed by atoms with van der Waals surface area (Å²) in [4.78, 5) is 12.1. The maximum atomic E-state index is 12.1. The van der Waals surface area contributed by atoms with Crippen LogP contribution in [0.15, 0.2) is 53.0 Å². The lowest BCUT2D eigenvalue weighted by Gasteiger charge is -2.15. The predicted octanol–water partition coefficient (Wildman–Crippen LogP) is 4.27. The summed E-state index contributed by atoms with van der Waals surface area (Å²) in [5, 5.41) is 3.03. The minimum Gasteiger partial charge on any atom is -0.496 e. The van der Waals surface area contributed by atoms with E-state index in [2.05, 4.69) is 21.2 Å². The van der Waals surface area contributed by atoms with E-state index >= 15 is 0 Å². The fraction of sp³-hybridized carbons (Fsp3) is 0.278. The van der Waals surface area contributed by atoms with Gasteiger partial charge in [-0.1, -0.05) is 36.4 Å². The highest BCUT2D eigenvalue weighted by atomic mass is 79.9. The second-order valence-corrected chi connectivity index (χ2v) is 6.02. The predicted molar refractivity (Wildman–Crippen MR) is 92.0 cm³/mol. The molecule has 0 aromatic heterocycles. The lowest BCUT2D eigenvalue weighted by atomic mass is 10.1. The van der Waals surface area contributed by atoms with Crippen LogP contribution >= 0.6 is 15.9 Å². The molecule has 0 unspecified atom stereocenters. The molecule has 1 amide bonds. The normalized spacial score (nSPS) is 11.8. The van der Waals surface area contributed by atoms with E-state index in [4.69, 9.17) is 4.74 Å². The number of benzene rings is 2. The summed E-state index contributed by atoms with van der Waals surface area (Å²) in [7, 11) is 1.63. The van der Waals surface area contributed by atoms with E-state index < -0.39 is 0 Å². The van der Waals surface area contributed by atoms with Gasteiger partial charge in [0.05, 0.1) is 17.6 Å². The minimum absolute atomic E-state index is 0.0366. The number of carbonyl (C=O) groups excluding carboxylic acids is 1. The number of hydrogen-bond acceptors (Lipinski definition) is 2. The molecule has 0 saturated heterocycles. The topological polar surface area (TPSA) is 38.3 Å². The quantitative estimate of drug-likeness (QED) is 0.834. The van der Waals surface area contributed by atoms with E-state index in [0.717, 1.165) is 22.2 Å². The lowest BCUT2D eigenvalue weighted by Crippen LogP contribution is -2.26. The van der Waals surface area contributed by atoms with Gasteiger partial charge in [0.25, 0.3) is 0 Å². The van der Waals surface area contributed by atoms with Crippen molar-refractivity contribution < 1.29 is 9.53 Å². The Bertz CT molecular complexity index is 628. The lowest BCUT2D eigenvalue weighted by molar-refractivity contribution is -0.121. The maximum absolute atomic E-state index is 12.1. The summed E-state index contributed by atoms with van der Waals surface area (Å²) >= 11 is 3.47. The SMILES string of the molecule is COc1ccc([C@@H](C)NC(=O)CCc2ccccc2)cc1Br. The van der Waals surface area contributed by atoms with E-state index in [-0.39, 0.29) is 11.9 Å². The van der Waals surface area contributed by atoms with Gasteiger partial charge in [-0.15, -0.1) is 0 Å². The molecule has 0 bridgehead atoms. The molecule has 0 fully saturated rings. The van der Waals surface area contributed by atoms with E-state index in [9.17, 15) is 4.79 Å². The molecule has 4 heteroatoms. The maximum Gasteiger partial charge on any atom is 0.220 e. The van der Waals surface area contributed by atoms with Crippen molar-refractivity contribution in [2.75, 3.05) is 7.11 Å². The second-order valence-electron chi connectivity index (χ2n) is 5.17. The van der Waals surface area contributed by atoms with Crippen molar-refractivity contribution in [1.82, 2.24) is 5.32 Å². The van der Waals surface area contributed by atoms with Crippen molar-refractivity contribution in [3.63, 3.8) is 0 Å². The molecule has 2 rings (SSSR count). The Labute approximate surface area is 139 Å². The zero-order valence-corrected chi connectivity index (χ0v) is 14.4. The van der Waals surface area contributed by atoms with E-state index in [1.54, 1.807) is 7.11 Å². The summed E-state index contributed by atoms with van der Waals surface area (Å²) < 4.78 is 6.10. The number of methoxy groups -OCH3 is 1. The molecule has 2 aromatic rings. The van der Waals surface area contributed by atoms with Crippen LogP contribution in [-0.2, 0) is 11.2 Å². The third-order valence-electron chi connectivity index (χ3n) is 3.54. The fourth-order valence-corrected chi connectivity index (χ4v) is 2.81. The molecule has 0 saturated carbocycles. The van der Waals surface area contributed by atoms with Gasteiger partial charge in [-0.05, 0) is 52.5 Å². The van der Waals surface area contributed by atoms with Crippen LogP contribution in [0.3, 0.4) is 0 Å². The molecule has 1 atom stereocenters. The van der Waals surface area contributed by atoms with E-state index in [0.29, 0.717) is 6.42 Å². The Kier molecular flexibility index (Phi) is 6.01. The van der Waals surface area contributed by atoms with Crippen LogP contribution in [0.25, 0.3) is 0 Å². The van der Waals surface area contributed by atoms with Crippen LogP contribution < -0.4 is 10.1 Å². The molecule has 116 valence electrons. The Morgan fingerprint density at radius 2 is 1.95 bits per heavy atom. The number of carbonyl (C=O) groups is 1. The Morgan fingerprint density at radius 3 is 2.59 bits per heavy atom. The number of aryl methyl sites for hydroxylation is 1. The largest absolute Gasteiger partial charge is 0.496 e. The highest BCUT2D eigenvalue weighted by Gasteiger charge is 2.11. The summed E-state index contributed by atoms with van der Waals surface area (Å²) in [6.45, 7) is 1.98.